The van der Waals surface area contributed by atoms with Gasteiger partial charge in [-0.2, -0.15) is 0 Å². The van der Waals surface area contributed by atoms with Crippen LogP contribution in [0.15, 0.2) is 35.9 Å². The molecule has 0 aliphatic carbocycles. The third-order valence-corrected chi connectivity index (χ3v) is 2.49. The number of amides is 2. The molecule has 0 radical (unpaired) electrons. The number of carbonyl (C=O) groups is 2. The zero-order chi connectivity index (χ0) is 12.4. The van der Waals surface area contributed by atoms with Crippen molar-refractivity contribution in [3.8, 4) is 5.75 Å². The van der Waals surface area contributed by atoms with Crippen LogP contribution in [-0.2, 0) is 9.59 Å². The van der Waals surface area contributed by atoms with Crippen LogP contribution < -0.4 is 9.64 Å². The molecule has 0 saturated carbocycles. The fourth-order valence-corrected chi connectivity index (χ4v) is 1.71. The Morgan fingerprint density at radius 3 is 2.65 bits per heavy atom. The number of carbonyl (C=O) groups excluding carboxylic acids is 2. The van der Waals surface area contributed by atoms with E-state index in [1.807, 2.05) is 6.92 Å². The Balaban J connectivity index is 2.32. The minimum absolute atomic E-state index is 0.274. The number of hydrogen-bond acceptors (Lipinski definition) is 3. The maximum Gasteiger partial charge on any atom is 0.261 e. The monoisotopic (exact) mass is 231 g/mol. The number of imide groups is 1. The summed E-state index contributed by atoms with van der Waals surface area (Å²) < 4.78 is 5.34. The first kappa shape index (κ1) is 11.4. The van der Waals surface area contributed by atoms with E-state index in [1.54, 1.807) is 31.2 Å². The first-order valence-corrected chi connectivity index (χ1v) is 5.43. The molecule has 0 unspecified atom stereocenters. The average Bonchev–Trinajstić information content (AvgIpc) is 2.54. The first-order chi connectivity index (χ1) is 8.13. The van der Waals surface area contributed by atoms with Gasteiger partial charge in [-0.05, 0) is 26.0 Å². The molecule has 0 fully saturated rings. The molecule has 1 aliphatic rings. The van der Waals surface area contributed by atoms with Gasteiger partial charge in [0, 0.05) is 17.7 Å². The van der Waals surface area contributed by atoms with Crippen molar-refractivity contribution in [2.75, 3.05) is 11.5 Å². The average molecular weight is 231 g/mol. The molecule has 0 bridgehead atoms. The van der Waals surface area contributed by atoms with Crippen molar-refractivity contribution >= 4 is 17.5 Å². The number of hydrogen-bond donors (Lipinski definition) is 0. The highest BCUT2D eigenvalue weighted by atomic mass is 16.5. The lowest BCUT2D eigenvalue weighted by molar-refractivity contribution is -0.120. The lowest BCUT2D eigenvalue weighted by Crippen LogP contribution is -2.30. The summed E-state index contributed by atoms with van der Waals surface area (Å²) in [5, 5.41) is 0. The Labute approximate surface area is 99.5 Å². The second-order valence-electron chi connectivity index (χ2n) is 3.74. The van der Waals surface area contributed by atoms with Crippen LogP contribution in [0.2, 0.25) is 0 Å². The van der Waals surface area contributed by atoms with E-state index in [0.717, 1.165) is 4.90 Å². The summed E-state index contributed by atoms with van der Waals surface area (Å²) in [4.78, 5) is 24.6. The maximum atomic E-state index is 11.8. The van der Waals surface area contributed by atoms with Gasteiger partial charge in [0.05, 0.1) is 12.3 Å². The van der Waals surface area contributed by atoms with Gasteiger partial charge in [0.15, 0.2) is 0 Å². The largest absolute Gasteiger partial charge is 0.494 e. The first-order valence-electron chi connectivity index (χ1n) is 5.43. The topological polar surface area (TPSA) is 46.6 Å². The lowest BCUT2D eigenvalue weighted by Gasteiger charge is -2.15. The number of benzene rings is 1. The minimum Gasteiger partial charge on any atom is -0.494 e. The van der Waals surface area contributed by atoms with E-state index in [-0.39, 0.29) is 11.8 Å². The van der Waals surface area contributed by atoms with Crippen LogP contribution in [0.1, 0.15) is 13.8 Å². The number of anilines is 1. The Morgan fingerprint density at radius 1 is 1.29 bits per heavy atom. The third kappa shape index (κ3) is 2.06. The van der Waals surface area contributed by atoms with Crippen LogP contribution in [0.4, 0.5) is 5.69 Å². The van der Waals surface area contributed by atoms with E-state index in [4.69, 9.17) is 4.74 Å². The predicted molar refractivity (Wildman–Crippen MR) is 63.9 cm³/mol. The summed E-state index contributed by atoms with van der Waals surface area (Å²) in [6.07, 6.45) is 1.34. The highest BCUT2D eigenvalue weighted by molar-refractivity contribution is 6.30. The molecule has 4 nitrogen and oxygen atoms in total. The molecular weight excluding hydrogens is 218 g/mol. The van der Waals surface area contributed by atoms with Gasteiger partial charge in [-0.1, -0.05) is 6.07 Å². The van der Waals surface area contributed by atoms with Crippen LogP contribution in [0, 0.1) is 0 Å². The van der Waals surface area contributed by atoms with Crippen molar-refractivity contribution in [2.24, 2.45) is 0 Å². The Kier molecular flexibility index (Phi) is 2.95. The molecule has 4 heteroatoms. The molecule has 17 heavy (non-hydrogen) atoms. The van der Waals surface area contributed by atoms with Crippen molar-refractivity contribution in [2.45, 2.75) is 13.8 Å². The van der Waals surface area contributed by atoms with E-state index in [1.165, 1.54) is 6.08 Å². The van der Waals surface area contributed by atoms with Gasteiger partial charge in [0.1, 0.15) is 5.75 Å². The van der Waals surface area contributed by atoms with E-state index < -0.39 is 0 Å². The van der Waals surface area contributed by atoms with Gasteiger partial charge in [0.25, 0.3) is 11.8 Å². The van der Waals surface area contributed by atoms with Gasteiger partial charge >= 0.3 is 0 Å². The molecule has 1 aliphatic heterocycles. The summed E-state index contributed by atoms with van der Waals surface area (Å²) in [5.41, 5.74) is 0.996. The molecule has 2 rings (SSSR count). The molecular formula is C13H13NO3. The molecule has 0 N–H and O–H groups in total. The van der Waals surface area contributed by atoms with Gasteiger partial charge in [0.2, 0.25) is 0 Å². The van der Waals surface area contributed by atoms with E-state index in [0.29, 0.717) is 23.6 Å². The molecule has 88 valence electrons. The van der Waals surface area contributed by atoms with Crippen molar-refractivity contribution in [3.05, 3.63) is 35.9 Å². The zero-order valence-corrected chi connectivity index (χ0v) is 9.77. The van der Waals surface area contributed by atoms with Crippen LogP contribution in [-0.4, -0.2) is 18.4 Å². The Bertz CT molecular complexity index is 505. The number of ether oxygens (including phenoxy) is 1. The highest BCUT2D eigenvalue weighted by Crippen LogP contribution is 2.25. The lowest BCUT2D eigenvalue weighted by atomic mass is 10.2. The minimum atomic E-state index is -0.304. The highest BCUT2D eigenvalue weighted by Gasteiger charge is 2.29. The molecule has 0 aromatic heterocycles. The molecule has 0 saturated heterocycles. The van der Waals surface area contributed by atoms with E-state index in [2.05, 4.69) is 0 Å². The quantitative estimate of drug-likeness (QED) is 0.746. The van der Waals surface area contributed by atoms with Crippen LogP contribution in [0.3, 0.4) is 0 Å². The molecule has 1 aromatic rings. The molecule has 2 amide bonds. The fraction of sp³-hybridized carbons (Fsp3) is 0.231. The normalized spacial score (nSPS) is 15.2. The maximum absolute atomic E-state index is 11.8. The third-order valence-electron chi connectivity index (χ3n) is 2.49. The molecule has 0 atom stereocenters. The SMILES string of the molecule is CCOc1cccc(N2C(=O)C=C(C)C2=O)c1. The summed E-state index contributed by atoms with van der Waals surface area (Å²) in [5.74, 6) is 0.0694. The van der Waals surface area contributed by atoms with Crippen molar-refractivity contribution in [1.29, 1.82) is 0 Å². The fourth-order valence-electron chi connectivity index (χ4n) is 1.71. The smallest absolute Gasteiger partial charge is 0.261 e. The summed E-state index contributed by atoms with van der Waals surface area (Å²) in [6.45, 7) is 4.06. The summed E-state index contributed by atoms with van der Waals surface area (Å²) >= 11 is 0. The van der Waals surface area contributed by atoms with Gasteiger partial charge in [-0.3, -0.25) is 9.59 Å². The predicted octanol–water partition coefficient (Wildman–Crippen LogP) is 1.90. The summed E-state index contributed by atoms with van der Waals surface area (Å²) in [6, 6.07) is 6.95. The van der Waals surface area contributed by atoms with Crippen molar-refractivity contribution < 1.29 is 14.3 Å². The standard InChI is InChI=1S/C13H13NO3/c1-3-17-11-6-4-5-10(8-11)14-12(15)7-9(2)13(14)16/h4-8H,3H2,1-2H3. The van der Waals surface area contributed by atoms with Crippen LogP contribution in [0.5, 0.6) is 5.75 Å². The second kappa shape index (κ2) is 4.41. The van der Waals surface area contributed by atoms with Crippen LogP contribution >= 0.6 is 0 Å². The Morgan fingerprint density at radius 2 is 2.06 bits per heavy atom. The van der Waals surface area contributed by atoms with Crippen LogP contribution in [0.25, 0.3) is 0 Å². The Hall–Kier alpha value is -2.10. The number of rotatable bonds is 3. The number of nitrogens with zero attached hydrogens (tertiary/aromatic N) is 1. The van der Waals surface area contributed by atoms with Crippen molar-refractivity contribution in [1.82, 2.24) is 0 Å². The van der Waals surface area contributed by atoms with E-state index >= 15 is 0 Å². The van der Waals surface area contributed by atoms with Gasteiger partial charge in [-0.25, -0.2) is 4.90 Å². The van der Waals surface area contributed by atoms with E-state index in [9.17, 15) is 9.59 Å². The van der Waals surface area contributed by atoms with Crippen molar-refractivity contribution in [3.63, 3.8) is 0 Å². The molecule has 1 aromatic carbocycles. The second-order valence-corrected chi connectivity index (χ2v) is 3.74. The van der Waals surface area contributed by atoms with Gasteiger partial charge in [-0.15, -0.1) is 0 Å². The molecule has 1 heterocycles. The molecule has 0 spiro atoms. The summed E-state index contributed by atoms with van der Waals surface area (Å²) in [7, 11) is 0. The van der Waals surface area contributed by atoms with Gasteiger partial charge < -0.3 is 4.74 Å². The zero-order valence-electron chi connectivity index (χ0n) is 9.77.